The van der Waals surface area contributed by atoms with Gasteiger partial charge in [0.1, 0.15) is 0 Å². The zero-order valence-electron chi connectivity index (χ0n) is 10.3. The van der Waals surface area contributed by atoms with E-state index in [1.165, 1.54) is 23.0 Å². The Morgan fingerprint density at radius 3 is 2.67 bits per heavy atom. The third-order valence-electron chi connectivity index (χ3n) is 3.18. The summed E-state index contributed by atoms with van der Waals surface area (Å²) in [6.07, 6.45) is 0.817. The molecular formula is C11H12N4O2S. The van der Waals surface area contributed by atoms with Gasteiger partial charge in [0, 0.05) is 25.2 Å². The summed E-state index contributed by atoms with van der Waals surface area (Å²) in [5.41, 5.74) is 1.32. The second-order valence-electron chi connectivity index (χ2n) is 4.19. The van der Waals surface area contributed by atoms with Crippen molar-refractivity contribution in [3.8, 4) is 0 Å². The Balaban J connectivity index is 2.71. The summed E-state index contributed by atoms with van der Waals surface area (Å²) in [6, 6.07) is 0. The third-order valence-corrected chi connectivity index (χ3v) is 4.05. The van der Waals surface area contributed by atoms with Crippen LogP contribution in [0.15, 0.2) is 15.0 Å². The topological polar surface area (TPSA) is 61.3 Å². The molecule has 0 radical (unpaired) electrons. The van der Waals surface area contributed by atoms with Crippen molar-refractivity contribution in [1.29, 1.82) is 0 Å². The molecule has 0 amide bonds. The Morgan fingerprint density at radius 1 is 1.28 bits per heavy atom. The summed E-state index contributed by atoms with van der Waals surface area (Å²) in [4.78, 5) is 29.2. The van der Waals surface area contributed by atoms with E-state index in [9.17, 15) is 9.59 Å². The van der Waals surface area contributed by atoms with Gasteiger partial charge in [0.25, 0.3) is 5.56 Å². The highest BCUT2D eigenvalue weighted by atomic mass is 32.1. The first-order chi connectivity index (χ1) is 8.56. The Labute approximate surface area is 106 Å². The van der Waals surface area contributed by atoms with Crippen molar-refractivity contribution in [3.63, 3.8) is 0 Å². The quantitative estimate of drug-likeness (QED) is 0.643. The molecule has 3 heterocycles. The van der Waals surface area contributed by atoms with Crippen LogP contribution in [-0.2, 0) is 20.5 Å². The minimum Gasteiger partial charge on any atom is -0.281 e. The molecule has 0 aromatic carbocycles. The first kappa shape index (κ1) is 11.2. The number of hydrogen-bond acceptors (Lipinski definition) is 4. The first-order valence-electron chi connectivity index (χ1n) is 5.60. The Bertz CT molecular complexity index is 880. The van der Waals surface area contributed by atoms with Crippen molar-refractivity contribution in [1.82, 2.24) is 18.5 Å². The molecule has 0 N–H and O–H groups in total. The Kier molecular flexibility index (Phi) is 2.21. The summed E-state index contributed by atoms with van der Waals surface area (Å²) in [5, 5.41) is 1.99. The van der Waals surface area contributed by atoms with Crippen molar-refractivity contribution in [3.05, 3.63) is 31.9 Å². The van der Waals surface area contributed by atoms with Gasteiger partial charge in [-0.1, -0.05) is 6.92 Å². The Hall–Kier alpha value is -1.89. The van der Waals surface area contributed by atoms with Crippen LogP contribution in [0.5, 0.6) is 0 Å². The Morgan fingerprint density at radius 2 is 2.00 bits per heavy atom. The standard InChI is InChI=1S/C11H12N4O2S/c1-4-6-5-18-10-12-8-7(15(6)10)9(16)14(3)11(17)13(8)2/h5H,4H2,1-3H3. The summed E-state index contributed by atoms with van der Waals surface area (Å²) >= 11 is 1.48. The number of imidazole rings is 1. The number of rotatable bonds is 1. The van der Waals surface area contributed by atoms with E-state index in [1.807, 2.05) is 16.7 Å². The van der Waals surface area contributed by atoms with Gasteiger partial charge in [0.15, 0.2) is 16.1 Å². The summed E-state index contributed by atoms with van der Waals surface area (Å²) in [6.45, 7) is 2.03. The zero-order valence-corrected chi connectivity index (χ0v) is 11.1. The van der Waals surface area contributed by atoms with E-state index in [2.05, 4.69) is 4.98 Å². The van der Waals surface area contributed by atoms with Crippen LogP contribution in [0.4, 0.5) is 0 Å². The first-order valence-corrected chi connectivity index (χ1v) is 6.48. The fourth-order valence-corrected chi connectivity index (χ4v) is 3.10. The van der Waals surface area contributed by atoms with Crippen LogP contribution in [0.2, 0.25) is 0 Å². The van der Waals surface area contributed by atoms with E-state index in [1.54, 1.807) is 7.05 Å². The molecule has 0 bridgehead atoms. The fourth-order valence-electron chi connectivity index (χ4n) is 2.14. The van der Waals surface area contributed by atoms with Crippen LogP contribution in [0.3, 0.4) is 0 Å². The van der Waals surface area contributed by atoms with Gasteiger partial charge < -0.3 is 0 Å². The molecule has 0 aliphatic heterocycles. The van der Waals surface area contributed by atoms with Crippen molar-refractivity contribution >= 4 is 27.5 Å². The largest absolute Gasteiger partial charge is 0.332 e. The maximum Gasteiger partial charge on any atom is 0.332 e. The van der Waals surface area contributed by atoms with Crippen molar-refractivity contribution in [2.45, 2.75) is 13.3 Å². The number of hydrogen-bond donors (Lipinski definition) is 0. The molecule has 0 saturated carbocycles. The minimum absolute atomic E-state index is 0.297. The van der Waals surface area contributed by atoms with E-state index in [-0.39, 0.29) is 11.2 Å². The lowest BCUT2D eigenvalue weighted by molar-refractivity contribution is 0.707. The van der Waals surface area contributed by atoms with Gasteiger partial charge in [-0.3, -0.25) is 18.3 Å². The lowest BCUT2D eigenvalue weighted by Gasteiger charge is -2.03. The average molecular weight is 264 g/mol. The van der Waals surface area contributed by atoms with Crippen LogP contribution in [0, 0.1) is 0 Å². The molecule has 6 nitrogen and oxygen atoms in total. The van der Waals surface area contributed by atoms with Crippen molar-refractivity contribution in [2.75, 3.05) is 0 Å². The maximum absolute atomic E-state index is 12.2. The van der Waals surface area contributed by atoms with Gasteiger partial charge in [0.2, 0.25) is 0 Å². The van der Waals surface area contributed by atoms with E-state index < -0.39 is 0 Å². The molecule has 3 aromatic rings. The van der Waals surface area contributed by atoms with Crippen LogP contribution in [-0.4, -0.2) is 18.5 Å². The molecule has 0 saturated heterocycles. The van der Waals surface area contributed by atoms with Crippen LogP contribution >= 0.6 is 11.3 Å². The zero-order chi connectivity index (χ0) is 13.0. The monoisotopic (exact) mass is 264 g/mol. The van der Waals surface area contributed by atoms with E-state index in [0.29, 0.717) is 11.2 Å². The molecule has 7 heteroatoms. The number of nitrogens with zero attached hydrogens (tertiary/aromatic N) is 4. The molecule has 0 atom stereocenters. The molecule has 94 valence electrons. The summed E-state index contributed by atoms with van der Waals surface area (Å²) in [5.74, 6) is 0. The van der Waals surface area contributed by atoms with Gasteiger partial charge in [-0.2, -0.15) is 0 Å². The summed E-state index contributed by atoms with van der Waals surface area (Å²) < 4.78 is 4.38. The molecule has 3 rings (SSSR count). The van der Waals surface area contributed by atoms with Crippen LogP contribution < -0.4 is 11.2 Å². The lowest BCUT2D eigenvalue weighted by Crippen LogP contribution is -2.37. The van der Waals surface area contributed by atoms with E-state index in [0.717, 1.165) is 21.6 Å². The highest BCUT2D eigenvalue weighted by molar-refractivity contribution is 7.15. The second kappa shape index (κ2) is 3.55. The number of fused-ring (bicyclic) bond motifs is 3. The smallest absolute Gasteiger partial charge is 0.281 e. The van der Waals surface area contributed by atoms with Gasteiger partial charge in [-0.05, 0) is 6.42 Å². The lowest BCUT2D eigenvalue weighted by atomic mass is 10.4. The van der Waals surface area contributed by atoms with Gasteiger partial charge in [-0.25, -0.2) is 9.78 Å². The number of thiazole rings is 1. The van der Waals surface area contributed by atoms with Crippen LogP contribution in [0.25, 0.3) is 16.1 Å². The highest BCUT2D eigenvalue weighted by Crippen LogP contribution is 2.20. The predicted molar refractivity (Wildman–Crippen MR) is 70.4 cm³/mol. The SMILES string of the molecule is CCc1csc2nc3c(c(=O)n(C)c(=O)n3C)n12. The van der Waals surface area contributed by atoms with Gasteiger partial charge in [-0.15, -0.1) is 11.3 Å². The third kappa shape index (κ3) is 1.19. The van der Waals surface area contributed by atoms with Crippen molar-refractivity contribution in [2.24, 2.45) is 14.1 Å². The molecule has 18 heavy (non-hydrogen) atoms. The molecular weight excluding hydrogens is 252 g/mol. The van der Waals surface area contributed by atoms with Gasteiger partial charge >= 0.3 is 5.69 Å². The summed E-state index contributed by atoms with van der Waals surface area (Å²) in [7, 11) is 3.12. The molecule has 0 aliphatic carbocycles. The number of aromatic nitrogens is 4. The molecule has 3 aromatic heterocycles. The highest BCUT2D eigenvalue weighted by Gasteiger charge is 2.17. The van der Waals surface area contributed by atoms with E-state index >= 15 is 0 Å². The maximum atomic E-state index is 12.2. The fraction of sp³-hybridized carbons (Fsp3) is 0.364. The molecule has 0 aliphatic rings. The minimum atomic E-state index is -0.351. The number of aryl methyl sites for hydroxylation is 2. The predicted octanol–water partition coefficient (Wildman–Crippen LogP) is 0.509. The average Bonchev–Trinajstić information content (AvgIpc) is 2.91. The normalized spacial score (nSPS) is 11.7. The van der Waals surface area contributed by atoms with Crippen molar-refractivity contribution < 1.29 is 0 Å². The van der Waals surface area contributed by atoms with Gasteiger partial charge in [0.05, 0.1) is 0 Å². The molecule has 0 unspecified atom stereocenters. The van der Waals surface area contributed by atoms with Crippen LogP contribution in [0.1, 0.15) is 12.6 Å². The van der Waals surface area contributed by atoms with E-state index in [4.69, 9.17) is 0 Å². The molecule has 0 spiro atoms. The molecule has 0 fully saturated rings. The second-order valence-corrected chi connectivity index (χ2v) is 5.02.